The Morgan fingerprint density at radius 1 is 1.13 bits per heavy atom. The maximum absolute atomic E-state index is 13.0. The highest BCUT2D eigenvalue weighted by Gasteiger charge is 2.41. The molecular formula is C23H25F3N2O2. The number of halogens is 3. The number of benzene rings is 2. The van der Waals surface area contributed by atoms with Gasteiger partial charge in [-0.05, 0) is 61.2 Å². The Bertz CT molecular complexity index is 915. The first kappa shape index (κ1) is 20.7. The third-order valence-corrected chi connectivity index (χ3v) is 6.14. The number of nitrogens with zero attached hydrogens (tertiary/aromatic N) is 2. The zero-order chi connectivity index (χ0) is 21.3. The number of hydrogen-bond acceptors (Lipinski definition) is 3. The van der Waals surface area contributed by atoms with E-state index in [0.29, 0.717) is 19.0 Å². The first-order valence-corrected chi connectivity index (χ1v) is 10.2. The number of methoxy groups -OCH3 is 1. The van der Waals surface area contributed by atoms with Crippen molar-refractivity contribution in [2.45, 2.75) is 31.6 Å². The number of fused-ring (bicyclic) bond motifs is 1. The minimum atomic E-state index is -4.46. The van der Waals surface area contributed by atoms with E-state index in [2.05, 4.69) is 11.0 Å². The molecule has 30 heavy (non-hydrogen) atoms. The van der Waals surface area contributed by atoms with Gasteiger partial charge in [0.1, 0.15) is 5.75 Å². The molecule has 2 aliphatic heterocycles. The molecule has 0 N–H and O–H groups in total. The molecule has 2 aliphatic rings. The zero-order valence-electron chi connectivity index (χ0n) is 16.9. The van der Waals surface area contributed by atoms with Gasteiger partial charge in [-0.1, -0.05) is 18.2 Å². The van der Waals surface area contributed by atoms with Crippen LogP contribution in [-0.4, -0.2) is 48.5 Å². The first-order chi connectivity index (χ1) is 14.3. The number of piperidine rings is 1. The summed E-state index contributed by atoms with van der Waals surface area (Å²) in [7, 11) is 1.64. The van der Waals surface area contributed by atoms with E-state index < -0.39 is 11.7 Å². The topological polar surface area (TPSA) is 32.8 Å². The summed E-state index contributed by atoms with van der Waals surface area (Å²) in [5.74, 6) is 0.838. The van der Waals surface area contributed by atoms with E-state index in [1.165, 1.54) is 12.1 Å². The number of amides is 1. The summed E-state index contributed by atoms with van der Waals surface area (Å²) in [4.78, 5) is 17.0. The molecule has 0 saturated carbocycles. The number of carbonyl (C=O) groups excluding carboxylic acids is 1. The minimum Gasteiger partial charge on any atom is -0.497 e. The summed E-state index contributed by atoms with van der Waals surface area (Å²) in [5, 5.41) is 0. The van der Waals surface area contributed by atoms with Crippen molar-refractivity contribution in [1.29, 1.82) is 0 Å². The van der Waals surface area contributed by atoms with Gasteiger partial charge in [0, 0.05) is 31.2 Å². The fourth-order valence-corrected chi connectivity index (χ4v) is 4.65. The normalized spacial score (nSPS) is 22.1. The first-order valence-electron chi connectivity index (χ1n) is 10.2. The second kappa shape index (κ2) is 8.30. The third kappa shape index (κ3) is 4.31. The molecule has 2 heterocycles. The van der Waals surface area contributed by atoms with E-state index in [4.69, 9.17) is 4.74 Å². The molecule has 2 fully saturated rings. The molecule has 0 bridgehead atoms. The molecule has 0 spiro atoms. The number of ether oxygens (including phenoxy) is 1. The minimum absolute atomic E-state index is 0.0998. The van der Waals surface area contributed by atoms with Crippen LogP contribution in [0.5, 0.6) is 5.75 Å². The molecule has 0 radical (unpaired) electrons. The van der Waals surface area contributed by atoms with Crippen LogP contribution in [0.3, 0.4) is 0 Å². The number of hydrogen-bond donors (Lipinski definition) is 0. The smallest absolute Gasteiger partial charge is 0.416 e. The largest absolute Gasteiger partial charge is 0.497 e. The van der Waals surface area contributed by atoms with Crippen LogP contribution in [0, 0.1) is 5.92 Å². The van der Waals surface area contributed by atoms with Gasteiger partial charge < -0.3 is 9.64 Å². The molecule has 2 saturated heterocycles. The lowest BCUT2D eigenvalue weighted by Crippen LogP contribution is -2.44. The van der Waals surface area contributed by atoms with Crippen LogP contribution >= 0.6 is 0 Å². The van der Waals surface area contributed by atoms with Crippen LogP contribution in [-0.2, 0) is 12.7 Å². The Morgan fingerprint density at radius 3 is 2.70 bits per heavy atom. The second-order valence-corrected chi connectivity index (χ2v) is 8.08. The Morgan fingerprint density at radius 2 is 1.93 bits per heavy atom. The van der Waals surface area contributed by atoms with Crippen LogP contribution in [0.15, 0.2) is 48.5 Å². The molecule has 0 unspecified atom stereocenters. The van der Waals surface area contributed by atoms with Crippen molar-refractivity contribution in [2.75, 3.05) is 26.7 Å². The van der Waals surface area contributed by atoms with Gasteiger partial charge in [0.05, 0.1) is 12.7 Å². The van der Waals surface area contributed by atoms with Crippen LogP contribution in [0.2, 0.25) is 0 Å². The van der Waals surface area contributed by atoms with E-state index >= 15 is 0 Å². The fraction of sp³-hybridized carbons (Fsp3) is 0.435. The number of rotatable bonds is 4. The van der Waals surface area contributed by atoms with E-state index in [1.54, 1.807) is 12.0 Å². The van der Waals surface area contributed by atoms with Crippen LogP contribution < -0.4 is 4.74 Å². The summed E-state index contributed by atoms with van der Waals surface area (Å²) in [6.07, 6.45) is -2.37. The predicted molar refractivity (Wildman–Crippen MR) is 107 cm³/mol. The van der Waals surface area contributed by atoms with Crippen molar-refractivity contribution >= 4 is 5.91 Å². The van der Waals surface area contributed by atoms with Crippen molar-refractivity contribution in [3.63, 3.8) is 0 Å². The molecular weight excluding hydrogens is 393 g/mol. The Kier molecular flexibility index (Phi) is 5.73. The number of carbonyl (C=O) groups is 1. The average Bonchev–Trinajstić information content (AvgIpc) is 3.18. The SMILES string of the molecule is COc1cccc(CN2CCC[C@@H]3CN(C(=O)c4cccc(C(F)(F)F)c4)C[C@@H]32)c1. The summed E-state index contributed by atoms with van der Waals surface area (Å²) in [6, 6.07) is 12.9. The van der Waals surface area contributed by atoms with Crippen LogP contribution in [0.1, 0.15) is 34.3 Å². The van der Waals surface area contributed by atoms with Crippen molar-refractivity contribution in [3.8, 4) is 5.75 Å². The van der Waals surface area contributed by atoms with Gasteiger partial charge in [0.2, 0.25) is 0 Å². The second-order valence-electron chi connectivity index (χ2n) is 8.08. The molecule has 0 aliphatic carbocycles. The summed E-state index contributed by atoms with van der Waals surface area (Å²) < 4.78 is 44.4. The van der Waals surface area contributed by atoms with E-state index in [9.17, 15) is 18.0 Å². The highest BCUT2D eigenvalue weighted by Crippen LogP contribution is 2.34. The number of likely N-dealkylation sites (tertiary alicyclic amines) is 2. The van der Waals surface area contributed by atoms with E-state index in [0.717, 1.165) is 49.4 Å². The standard InChI is InChI=1S/C23H25F3N2O2/c1-30-20-9-2-5-16(11-20)13-27-10-4-7-18-14-28(15-21(18)27)22(29)17-6-3-8-19(12-17)23(24,25)26/h2-3,5-6,8-9,11-12,18,21H,4,7,10,13-15H2,1H3/t18-,21+/m1/s1. The van der Waals surface area contributed by atoms with Gasteiger partial charge in [-0.2, -0.15) is 13.2 Å². The third-order valence-electron chi connectivity index (χ3n) is 6.14. The lowest BCUT2D eigenvalue weighted by Gasteiger charge is -2.36. The monoisotopic (exact) mass is 418 g/mol. The van der Waals surface area contributed by atoms with E-state index in [-0.39, 0.29) is 17.5 Å². The Balaban J connectivity index is 1.48. The molecule has 160 valence electrons. The number of alkyl halides is 3. The summed E-state index contributed by atoms with van der Waals surface area (Å²) in [6.45, 7) is 2.85. The molecule has 4 nitrogen and oxygen atoms in total. The average molecular weight is 418 g/mol. The maximum Gasteiger partial charge on any atom is 0.416 e. The van der Waals surface area contributed by atoms with Gasteiger partial charge >= 0.3 is 6.18 Å². The van der Waals surface area contributed by atoms with Gasteiger partial charge in [0.25, 0.3) is 5.91 Å². The van der Waals surface area contributed by atoms with Gasteiger partial charge in [-0.25, -0.2) is 0 Å². The van der Waals surface area contributed by atoms with Crippen LogP contribution in [0.4, 0.5) is 13.2 Å². The lowest BCUT2D eigenvalue weighted by molar-refractivity contribution is -0.137. The lowest BCUT2D eigenvalue weighted by atomic mass is 9.91. The van der Waals surface area contributed by atoms with Gasteiger partial charge in [-0.15, -0.1) is 0 Å². The molecule has 7 heteroatoms. The maximum atomic E-state index is 13.0. The Hall–Kier alpha value is -2.54. The Labute approximate surface area is 174 Å². The zero-order valence-corrected chi connectivity index (χ0v) is 16.9. The van der Waals surface area contributed by atoms with Crippen molar-refractivity contribution < 1.29 is 22.7 Å². The van der Waals surface area contributed by atoms with E-state index in [1.807, 2.05) is 18.2 Å². The predicted octanol–water partition coefficient (Wildman–Crippen LogP) is 4.45. The van der Waals surface area contributed by atoms with Crippen molar-refractivity contribution in [1.82, 2.24) is 9.80 Å². The molecule has 2 aromatic carbocycles. The summed E-state index contributed by atoms with van der Waals surface area (Å²) >= 11 is 0. The highest BCUT2D eigenvalue weighted by atomic mass is 19.4. The molecule has 1 amide bonds. The van der Waals surface area contributed by atoms with Gasteiger partial charge in [0.15, 0.2) is 0 Å². The fourth-order valence-electron chi connectivity index (χ4n) is 4.65. The van der Waals surface area contributed by atoms with Gasteiger partial charge in [-0.3, -0.25) is 9.69 Å². The molecule has 2 aromatic rings. The quantitative estimate of drug-likeness (QED) is 0.736. The molecule has 2 atom stereocenters. The molecule has 4 rings (SSSR count). The summed E-state index contributed by atoms with van der Waals surface area (Å²) in [5.41, 5.74) is 0.463. The molecule has 0 aromatic heterocycles. The van der Waals surface area contributed by atoms with Crippen LogP contribution in [0.25, 0.3) is 0 Å². The van der Waals surface area contributed by atoms with Crippen molar-refractivity contribution in [2.24, 2.45) is 5.92 Å². The van der Waals surface area contributed by atoms with Crippen molar-refractivity contribution in [3.05, 3.63) is 65.2 Å². The highest BCUT2D eigenvalue weighted by molar-refractivity contribution is 5.94.